The quantitative estimate of drug-likeness (QED) is 0.399. The van der Waals surface area contributed by atoms with Gasteiger partial charge in [0, 0.05) is 31.0 Å². The van der Waals surface area contributed by atoms with Gasteiger partial charge in [-0.1, -0.05) is 30.3 Å². The highest BCUT2D eigenvalue weighted by Crippen LogP contribution is 2.34. The van der Waals surface area contributed by atoms with Crippen LogP contribution in [0.25, 0.3) is 17.0 Å². The number of likely N-dealkylation sites (N-methyl/N-ethyl adjacent to an activating group) is 1. The van der Waals surface area contributed by atoms with E-state index in [2.05, 4.69) is 37.2 Å². The van der Waals surface area contributed by atoms with Crippen molar-refractivity contribution in [1.29, 1.82) is 0 Å². The molecular formula is C25H26F2N6O2. The molecule has 5 rings (SSSR count). The maximum atomic E-state index is 12.8. The van der Waals surface area contributed by atoms with E-state index in [1.54, 1.807) is 18.5 Å². The van der Waals surface area contributed by atoms with Gasteiger partial charge in [0.15, 0.2) is 17.3 Å². The molecule has 1 saturated heterocycles. The Labute approximate surface area is 201 Å². The van der Waals surface area contributed by atoms with Gasteiger partial charge in [-0.15, -0.1) is 10.2 Å². The van der Waals surface area contributed by atoms with Crippen molar-refractivity contribution in [3.05, 3.63) is 66.5 Å². The first-order valence-corrected chi connectivity index (χ1v) is 11.5. The van der Waals surface area contributed by atoms with Gasteiger partial charge >= 0.3 is 6.61 Å². The number of anilines is 1. The zero-order valence-corrected chi connectivity index (χ0v) is 19.3. The van der Waals surface area contributed by atoms with Crippen molar-refractivity contribution in [2.45, 2.75) is 32.1 Å². The van der Waals surface area contributed by atoms with Crippen LogP contribution in [-0.2, 0) is 6.61 Å². The third-order valence-corrected chi connectivity index (χ3v) is 5.95. The number of nitrogens with zero attached hydrogens (tertiary/aromatic N) is 5. The fourth-order valence-electron chi connectivity index (χ4n) is 4.31. The second-order valence-electron chi connectivity index (χ2n) is 8.55. The van der Waals surface area contributed by atoms with Crippen LogP contribution in [-0.4, -0.2) is 57.3 Å². The number of alkyl halides is 2. The maximum absolute atomic E-state index is 12.8. The lowest BCUT2D eigenvalue weighted by Gasteiger charge is -2.30. The fraction of sp³-hybridized carbons (Fsp3) is 0.320. The van der Waals surface area contributed by atoms with Gasteiger partial charge in [0.2, 0.25) is 0 Å². The number of nitrogens with one attached hydrogen (secondary N) is 1. The topological polar surface area (TPSA) is 76.8 Å². The first-order chi connectivity index (χ1) is 17.1. The lowest BCUT2D eigenvalue weighted by molar-refractivity contribution is -0.0499. The van der Waals surface area contributed by atoms with Gasteiger partial charge in [0.1, 0.15) is 18.1 Å². The summed E-state index contributed by atoms with van der Waals surface area (Å²) in [7, 11) is 2.10. The number of piperidine rings is 1. The number of halogens is 2. The molecule has 182 valence electrons. The van der Waals surface area contributed by atoms with Crippen molar-refractivity contribution in [2.24, 2.45) is 0 Å². The molecule has 35 heavy (non-hydrogen) atoms. The minimum Gasteiger partial charge on any atom is -0.488 e. The molecule has 1 unspecified atom stereocenters. The second-order valence-corrected chi connectivity index (χ2v) is 8.55. The Balaban J connectivity index is 1.48. The third kappa shape index (κ3) is 5.32. The molecule has 4 aromatic rings. The van der Waals surface area contributed by atoms with Gasteiger partial charge in [-0.2, -0.15) is 8.78 Å². The molecule has 1 fully saturated rings. The number of hydrogen-bond donors (Lipinski definition) is 1. The Hall–Kier alpha value is -3.79. The summed E-state index contributed by atoms with van der Waals surface area (Å²) in [6, 6.07) is 14.4. The molecule has 2 aromatic heterocycles. The molecule has 0 bridgehead atoms. The monoisotopic (exact) mass is 480 g/mol. The van der Waals surface area contributed by atoms with Gasteiger partial charge < -0.3 is 19.7 Å². The van der Waals surface area contributed by atoms with Crippen LogP contribution in [0.15, 0.2) is 60.9 Å². The van der Waals surface area contributed by atoms with Crippen LogP contribution in [0.3, 0.4) is 0 Å². The SMILES string of the molecule is CN1CCCC(Nc2nnc(-c3ccc(OC(F)F)cc3OCc3ccccc3)n3ccnc23)C1. The third-order valence-electron chi connectivity index (χ3n) is 5.95. The molecule has 0 amide bonds. The Morgan fingerprint density at radius 1 is 1.14 bits per heavy atom. The molecule has 1 aliphatic rings. The van der Waals surface area contributed by atoms with Crippen LogP contribution in [0.4, 0.5) is 14.6 Å². The molecule has 1 atom stereocenters. The van der Waals surface area contributed by atoms with E-state index >= 15 is 0 Å². The van der Waals surface area contributed by atoms with E-state index in [1.807, 2.05) is 34.7 Å². The van der Waals surface area contributed by atoms with Crippen molar-refractivity contribution >= 4 is 11.5 Å². The van der Waals surface area contributed by atoms with Gasteiger partial charge in [0.05, 0.1) is 5.56 Å². The number of rotatable bonds is 8. The molecular weight excluding hydrogens is 454 g/mol. The minimum atomic E-state index is -2.94. The number of benzene rings is 2. The van der Waals surface area contributed by atoms with Crippen LogP contribution in [0.1, 0.15) is 18.4 Å². The summed E-state index contributed by atoms with van der Waals surface area (Å²) < 4.78 is 38.2. The summed E-state index contributed by atoms with van der Waals surface area (Å²) in [6.07, 6.45) is 5.63. The van der Waals surface area contributed by atoms with Gasteiger partial charge in [0.25, 0.3) is 0 Å². The van der Waals surface area contributed by atoms with Gasteiger partial charge in [-0.05, 0) is 44.1 Å². The average Bonchev–Trinajstić information content (AvgIpc) is 3.34. The number of fused-ring (bicyclic) bond motifs is 1. The first-order valence-electron chi connectivity index (χ1n) is 11.5. The van der Waals surface area contributed by atoms with E-state index in [-0.39, 0.29) is 18.4 Å². The normalized spacial score (nSPS) is 16.5. The molecule has 0 saturated carbocycles. The summed E-state index contributed by atoms with van der Waals surface area (Å²) in [5.41, 5.74) is 2.15. The van der Waals surface area contributed by atoms with Gasteiger partial charge in [-0.25, -0.2) is 4.98 Å². The Kier molecular flexibility index (Phi) is 6.71. The number of aromatic nitrogens is 4. The molecule has 0 spiro atoms. The molecule has 1 aliphatic heterocycles. The predicted molar refractivity (Wildman–Crippen MR) is 128 cm³/mol. The maximum Gasteiger partial charge on any atom is 0.387 e. The highest BCUT2D eigenvalue weighted by molar-refractivity contribution is 5.72. The zero-order valence-electron chi connectivity index (χ0n) is 19.3. The Morgan fingerprint density at radius 3 is 2.80 bits per heavy atom. The van der Waals surface area contributed by atoms with Crippen LogP contribution in [0, 0.1) is 0 Å². The first kappa shape index (κ1) is 23.0. The van der Waals surface area contributed by atoms with Crippen LogP contribution >= 0.6 is 0 Å². The Morgan fingerprint density at radius 2 is 2.00 bits per heavy atom. The number of ether oxygens (including phenoxy) is 2. The summed E-state index contributed by atoms with van der Waals surface area (Å²) >= 11 is 0. The Bertz CT molecular complexity index is 1280. The van der Waals surface area contributed by atoms with E-state index in [0.29, 0.717) is 28.6 Å². The van der Waals surface area contributed by atoms with Crippen molar-refractivity contribution in [1.82, 2.24) is 24.5 Å². The second kappa shape index (κ2) is 10.2. The summed E-state index contributed by atoms with van der Waals surface area (Å²) in [5, 5.41) is 12.4. The number of imidazole rings is 1. The van der Waals surface area contributed by atoms with Crippen molar-refractivity contribution in [3.8, 4) is 22.9 Å². The zero-order chi connectivity index (χ0) is 24.2. The smallest absolute Gasteiger partial charge is 0.387 e. The molecule has 3 heterocycles. The van der Waals surface area contributed by atoms with E-state index in [4.69, 9.17) is 4.74 Å². The highest BCUT2D eigenvalue weighted by atomic mass is 19.3. The van der Waals surface area contributed by atoms with Crippen molar-refractivity contribution in [2.75, 3.05) is 25.5 Å². The fourth-order valence-corrected chi connectivity index (χ4v) is 4.31. The summed E-state index contributed by atoms with van der Waals surface area (Å²) in [5.74, 6) is 1.44. The highest BCUT2D eigenvalue weighted by Gasteiger charge is 2.21. The van der Waals surface area contributed by atoms with E-state index < -0.39 is 6.61 Å². The van der Waals surface area contributed by atoms with E-state index in [1.165, 1.54) is 12.1 Å². The lowest BCUT2D eigenvalue weighted by Crippen LogP contribution is -2.40. The predicted octanol–water partition coefficient (Wildman–Crippen LogP) is 4.48. The van der Waals surface area contributed by atoms with Crippen molar-refractivity contribution in [3.63, 3.8) is 0 Å². The van der Waals surface area contributed by atoms with E-state index in [0.717, 1.165) is 31.5 Å². The average molecular weight is 481 g/mol. The number of hydrogen-bond acceptors (Lipinski definition) is 7. The van der Waals surface area contributed by atoms with Crippen LogP contribution < -0.4 is 14.8 Å². The summed E-state index contributed by atoms with van der Waals surface area (Å²) in [6.45, 7) is -0.689. The molecule has 0 aliphatic carbocycles. The van der Waals surface area contributed by atoms with Crippen LogP contribution in [0.5, 0.6) is 11.5 Å². The van der Waals surface area contributed by atoms with E-state index in [9.17, 15) is 8.78 Å². The standard InChI is InChI=1S/C25H26F2N6O2/c1-32-12-5-8-18(15-32)29-22-24-28-11-13-33(24)23(31-30-22)20-10-9-19(35-25(26)27)14-21(20)34-16-17-6-3-2-4-7-17/h2-4,6-7,9-11,13-14,18,25H,5,8,12,15-16H2,1H3,(H,29,30). The summed E-state index contributed by atoms with van der Waals surface area (Å²) in [4.78, 5) is 6.77. The van der Waals surface area contributed by atoms with Crippen molar-refractivity contribution < 1.29 is 18.3 Å². The molecule has 8 nitrogen and oxygen atoms in total. The van der Waals surface area contributed by atoms with Crippen LogP contribution in [0.2, 0.25) is 0 Å². The van der Waals surface area contributed by atoms with Gasteiger partial charge in [-0.3, -0.25) is 4.40 Å². The largest absolute Gasteiger partial charge is 0.488 e. The molecule has 2 aromatic carbocycles. The number of likely N-dealkylation sites (tertiary alicyclic amines) is 1. The minimum absolute atomic E-state index is 0.00125. The molecule has 0 radical (unpaired) electrons. The molecule has 1 N–H and O–H groups in total. The lowest BCUT2D eigenvalue weighted by atomic mass is 10.1. The molecule has 10 heteroatoms.